The van der Waals surface area contributed by atoms with Crippen molar-refractivity contribution in [3.63, 3.8) is 0 Å². The Kier molecular flexibility index (Phi) is 10.3. The van der Waals surface area contributed by atoms with Crippen molar-refractivity contribution >= 4 is 58.1 Å². The maximum absolute atomic E-state index is 12.4. The molecule has 0 atom stereocenters. The van der Waals surface area contributed by atoms with Crippen molar-refractivity contribution in [2.24, 2.45) is 0 Å². The number of nitrogens with one attached hydrogen (secondary N) is 5. The highest BCUT2D eigenvalue weighted by Gasteiger charge is 2.13. The minimum absolute atomic E-state index is 0.198. The first-order valence-corrected chi connectivity index (χ1v) is 13.3. The second kappa shape index (κ2) is 14.3. The van der Waals surface area contributed by atoms with Crippen molar-refractivity contribution in [1.82, 2.24) is 20.2 Å². The van der Waals surface area contributed by atoms with Crippen LogP contribution in [0.4, 0.5) is 39.3 Å². The number of hydrogen-bond acceptors (Lipinski definition) is 9. The first kappa shape index (κ1) is 28.9. The van der Waals surface area contributed by atoms with Crippen LogP contribution in [-0.4, -0.2) is 73.3 Å². The molecule has 0 saturated carbocycles. The summed E-state index contributed by atoms with van der Waals surface area (Å²) in [7, 11) is 1.53. The second-order valence-electron chi connectivity index (χ2n) is 8.97. The molecule has 0 bridgehead atoms. The summed E-state index contributed by atoms with van der Waals surface area (Å²) in [5.41, 5.74) is 2.37. The number of benzene rings is 2. The molecule has 1 aliphatic heterocycles. The molecule has 0 spiro atoms. The molecule has 4 rings (SSSR count). The van der Waals surface area contributed by atoms with Crippen LogP contribution >= 0.6 is 11.6 Å². The van der Waals surface area contributed by atoms with E-state index in [1.807, 2.05) is 12.1 Å². The topological polar surface area (TPSA) is 142 Å². The van der Waals surface area contributed by atoms with E-state index in [0.717, 1.165) is 39.3 Å². The third-order valence-corrected chi connectivity index (χ3v) is 6.26. The molecule has 40 heavy (non-hydrogen) atoms. The normalized spacial score (nSPS) is 13.3. The number of carbonyl (C=O) groups excluding carboxylic acids is 2. The maximum atomic E-state index is 12.4. The lowest BCUT2D eigenvalue weighted by molar-refractivity contribution is -0.114. The van der Waals surface area contributed by atoms with Gasteiger partial charge in [-0.3, -0.25) is 9.69 Å². The molecule has 5 N–H and O–H groups in total. The van der Waals surface area contributed by atoms with Gasteiger partial charge in [-0.2, -0.15) is 4.98 Å². The van der Waals surface area contributed by atoms with Gasteiger partial charge in [-0.25, -0.2) is 9.78 Å². The standard InChI is InChI=1S/C27H33ClN8O4/c1-18(37)31-21-6-3-4-7-22(21)33-25-20(28)17-30-26(35-25)34-23-9-8-19(16-24(23)39-2)32-27(38)29-10-5-11-36-12-14-40-15-13-36/h3-4,6-9,16-17H,5,10-15H2,1-2H3,(H,31,37)(H2,29,32,38)(H2,30,33,34,35). The van der Waals surface area contributed by atoms with E-state index in [1.165, 1.54) is 20.2 Å². The van der Waals surface area contributed by atoms with Gasteiger partial charge in [0.05, 0.1) is 43.6 Å². The summed E-state index contributed by atoms with van der Waals surface area (Å²) in [5, 5.41) is 15.0. The van der Waals surface area contributed by atoms with Gasteiger partial charge in [0, 0.05) is 38.3 Å². The molecule has 1 saturated heterocycles. The molecule has 13 heteroatoms. The Bertz CT molecular complexity index is 1320. The number of anilines is 6. The zero-order chi connectivity index (χ0) is 28.3. The summed E-state index contributed by atoms with van der Waals surface area (Å²) in [5.74, 6) is 0.895. The highest BCUT2D eigenvalue weighted by Crippen LogP contribution is 2.32. The number of aromatic nitrogens is 2. The molecule has 3 amide bonds. The summed E-state index contributed by atoms with van der Waals surface area (Å²) < 4.78 is 10.9. The van der Waals surface area contributed by atoms with E-state index >= 15 is 0 Å². The fraction of sp³-hybridized carbons (Fsp3) is 0.333. The molecule has 3 aromatic rings. The fourth-order valence-corrected chi connectivity index (χ4v) is 4.17. The largest absolute Gasteiger partial charge is 0.494 e. The number of amides is 3. The van der Waals surface area contributed by atoms with Crippen molar-refractivity contribution in [2.75, 3.05) is 67.8 Å². The number of morpholine rings is 1. The molecule has 2 heterocycles. The summed E-state index contributed by atoms with van der Waals surface area (Å²) in [6.07, 6.45) is 2.32. The van der Waals surface area contributed by atoms with Crippen molar-refractivity contribution in [3.05, 3.63) is 53.7 Å². The minimum atomic E-state index is -0.291. The van der Waals surface area contributed by atoms with Crippen LogP contribution in [0, 0.1) is 0 Å². The van der Waals surface area contributed by atoms with E-state index in [9.17, 15) is 9.59 Å². The van der Waals surface area contributed by atoms with Crippen LogP contribution in [0.25, 0.3) is 0 Å². The van der Waals surface area contributed by atoms with Gasteiger partial charge in [-0.15, -0.1) is 0 Å². The molecule has 0 unspecified atom stereocenters. The fourth-order valence-electron chi connectivity index (χ4n) is 4.03. The molecule has 1 aromatic heterocycles. The number of carbonyl (C=O) groups is 2. The molecule has 2 aromatic carbocycles. The molecule has 1 fully saturated rings. The van der Waals surface area contributed by atoms with Crippen molar-refractivity contribution < 1.29 is 19.1 Å². The number of hydrogen-bond donors (Lipinski definition) is 5. The van der Waals surface area contributed by atoms with Gasteiger partial charge < -0.3 is 36.1 Å². The Morgan fingerprint density at radius 3 is 2.58 bits per heavy atom. The highest BCUT2D eigenvalue weighted by atomic mass is 35.5. The Balaban J connectivity index is 1.36. The van der Waals surface area contributed by atoms with Gasteiger partial charge in [0.2, 0.25) is 11.9 Å². The number of methoxy groups -OCH3 is 1. The maximum Gasteiger partial charge on any atom is 0.319 e. The van der Waals surface area contributed by atoms with Gasteiger partial charge >= 0.3 is 6.03 Å². The van der Waals surface area contributed by atoms with Gasteiger partial charge in [0.15, 0.2) is 5.82 Å². The summed E-state index contributed by atoms with van der Waals surface area (Å²) in [6.45, 7) is 6.30. The van der Waals surface area contributed by atoms with Gasteiger partial charge in [-0.1, -0.05) is 23.7 Å². The molecule has 12 nitrogen and oxygen atoms in total. The minimum Gasteiger partial charge on any atom is -0.494 e. The lowest BCUT2D eigenvalue weighted by atomic mass is 10.2. The number of halogens is 1. The molecule has 0 aliphatic carbocycles. The first-order chi connectivity index (χ1) is 19.4. The van der Waals surface area contributed by atoms with Crippen LogP contribution in [0.3, 0.4) is 0 Å². The molecule has 212 valence electrons. The van der Waals surface area contributed by atoms with Crippen molar-refractivity contribution in [2.45, 2.75) is 13.3 Å². The average molecular weight is 569 g/mol. The smallest absolute Gasteiger partial charge is 0.319 e. The summed E-state index contributed by atoms with van der Waals surface area (Å²) >= 11 is 6.34. The van der Waals surface area contributed by atoms with E-state index in [1.54, 1.807) is 30.3 Å². The van der Waals surface area contributed by atoms with Gasteiger partial charge in [-0.05, 0) is 37.2 Å². The lowest BCUT2D eigenvalue weighted by Crippen LogP contribution is -2.38. The zero-order valence-electron chi connectivity index (χ0n) is 22.4. The summed E-state index contributed by atoms with van der Waals surface area (Å²) in [4.78, 5) is 35.0. The Morgan fingerprint density at radius 1 is 1.05 bits per heavy atom. The third kappa shape index (κ3) is 8.43. The predicted octanol–water partition coefficient (Wildman–Crippen LogP) is 4.43. The third-order valence-electron chi connectivity index (χ3n) is 5.98. The number of nitrogens with zero attached hydrogens (tertiary/aromatic N) is 3. The molecular formula is C27H33ClN8O4. The Hall–Kier alpha value is -4.13. The van der Waals surface area contributed by atoms with Crippen LogP contribution in [0.5, 0.6) is 5.75 Å². The quantitative estimate of drug-likeness (QED) is 0.212. The van der Waals surface area contributed by atoms with Gasteiger partial charge in [0.1, 0.15) is 10.8 Å². The van der Waals surface area contributed by atoms with Crippen LogP contribution in [0.2, 0.25) is 5.02 Å². The van der Waals surface area contributed by atoms with E-state index in [0.29, 0.717) is 45.9 Å². The van der Waals surface area contributed by atoms with Crippen molar-refractivity contribution in [3.8, 4) is 5.75 Å². The van der Waals surface area contributed by atoms with Gasteiger partial charge in [0.25, 0.3) is 0 Å². The Labute approximate surface area is 237 Å². The van der Waals surface area contributed by atoms with Crippen LogP contribution in [-0.2, 0) is 9.53 Å². The lowest BCUT2D eigenvalue weighted by Gasteiger charge is -2.26. The van der Waals surface area contributed by atoms with Crippen LogP contribution in [0.1, 0.15) is 13.3 Å². The Morgan fingerprint density at radius 2 is 1.82 bits per heavy atom. The van der Waals surface area contributed by atoms with E-state index in [4.69, 9.17) is 21.1 Å². The molecule has 0 radical (unpaired) electrons. The number of para-hydroxylation sites is 2. The van der Waals surface area contributed by atoms with E-state index in [-0.39, 0.29) is 17.9 Å². The number of urea groups is 1. The molecular weight excluding hydrogens is 536 g/mol. The van der Waals surface area contributed by atoms with E-state index in [2.05, 4.69) is 41.5 Å². The summed E-state index contributed by atoms with van der Waals surface area (Å²) in [6, 6.07) is 12.1. The predicted molar refractivity (Wildman–Crippen MR) is 156 cm³/mol. The van der Waals surface area contributed by atoms with Crippen LogP contribution in [0.15, 0.2) is 48.7 Å². The average Bonchev–Trinajstić information content (AvgIpc) is 2.95. The zero-order valence-corrected chi connectivity index (χ0v) is 23.2. The molecule has 1 aliphatic rings. The van der Waals surface area contributed by atoms with Crippen LogP contribution < -0.4 is 31.3 Å². The SMILES string of the molecule is COc1cc(NC(=O)NCCCN2CCOCC2)ccc1Nc1ncc(Cl)c(Nc2ccccc2NC(C)=O)n1. The highest BCUT2D eigenvalue weighted by molar-refractivity contribution is 6.33. The van der Waals surface area contributed by atoms with E-state index < -0.39 is 0 Å². The monoisotopic (exact) mass is 568 g/mol. The van der Waals surface area contributed by atoms with Crippen molar-refractivity contribution in [1.29, 1.82) is 0 Å². The number of ether oxygens (including phenoxy) is 2. The first-order valence-electron chi connectivity index (χ1n) is 12.9. The number of rotatable bonds is 11. The second-order valence-corrected chi connectivity index (χ2v) is 9.38.